The fourth-order valence-corrected chi connectivity index (χ4v) is 5.12. The third-order valence-electron chi connectivity index (χ3n) is 7.31. The van der Waals surface area contributed by atoms with E-state index in [0.29, 0.717) is 48.2 Å². The molecule has 1 saturated carbocycles. The summed E-state index contributed by atoms with van der Waals surface area (Å²) in [6.07, 6.45) is 3.00. The number of benzene rings is 1. The van der Waals surface area contributed by atoms with E-state index in [1.165, 1.54) is 17.0 Å². The number of nitrogens with one attached hydrogen (secondary N) is 3. The molecule has 0 radical (unpaired) electrons. The summed E-state index contributed by atoms with van der Waals surface area (Å²) >= 11 is 0. The van der Waals surface area contributed by atoms with Crippen LogP contribution in [-0.4, -0.2) is 64.4 Å². The summed E-state index contributed by atoms with van der Waals surface area (Å²) in [5.41, 5.74) is 2.75. The number of rotatable bonds is 6. The highest BCUT2D eigenvalue weighted by molar-refractivity contribution is 6.20. The summed E-state index contributed by atoms with van der Waals surface area (Å²) in [4.78, 5) is 30.6. The maximum Gasteiger partial charge on any atom is 0.410 e. The average molecular weight is 541 g/mol. The Morgan fingerprint density at radius 3 is 2.64 bits per heavy atom. The van der Waals surface area contributed by atoms with Crippen molar-refractivity contribution in [3.8, 4) is 5.75 Å². The lowest BCUT2D eigenvalue weighted by Crippen LogP contribution is -2.56. The van der Waals surface area contributed by atoms with Gasteiger partial charge in [-0.05, 0) is 71.1 Å². The Morgan fingerprint density at radius 1 is 1.18 bits per heavy atom. The van der Waals surface area contributed by atoms with Crippen molar-refractivity contribution in [2.75, 3.05) is 19.7 Å². The minimum absolute atomic E-state index is 0.0696. The number of amides is 2. The van der Waals surface area contributed by atoms with E-state index in [9.17, 15) is 19.1 Å². The molecule has 1 saturated heterocycles. The molecule has 210 valence electrons. The van der Waals surface area contributed by atoms with Crippen molar-refractivity contribution in [3.05, 3.63) is 58.8 Å². The summed E-state index contributed by atoms with van der Waals surface area (Å²) in [5.74, 6) is 0.318. The van der Waals surface area contributed by atoms with E-state index < -0.39 is 23.8 Å². The van der Waals surface area contributed by atoms with E-state index in [1.807, 2.05) is 13.0 Å². The normalized spacial score (nSPS) is 23.1. The molecule has 10 heteroatoms. The molecule has 2 fully saturated rings. The van der Waals surface area contributed by atoms with Gasteiger partial charge < -0.3 is 35.1 Å². The van der Waals surface area contributed by atoms with Gasteiger partial charge in [0.15, 0.2) is 0 Å². The van der Waals surface area contributed by atoms with Crippen molar-refractivity contribution in [1.82, 2.24) is 20.5 Å². The molecule has 1 aromatic heterocycles. The number of aliphatic hydroxyl groups excluding tert-OH is 1. The highest BCUT2D eigenvalue weighted by atomic mass is 19.1. The quantitative estimate of drug-likeness (QED) is 0.442. The zero-order chi connectivity index (χ0) is 27.9. The first-order chi connectivity index (χ1) is 18.5. The van der Waals surface area contributed by atoms with Gasteiger partial charge in [-0.15, -0.1) is 0 Å². The van der Waals surface area contributed by atoms with Gasteiger partial charge in [0.05, 0.1) is 42.6 Å². The zero-order valence-electron chi connectivity index (χ0n) is 22.8. The van der Waals surface area contributed by atoms with Crippen LogP contribution in [0.1, 0.15) is 69.8 Å². The standard InChI is InChI=1S/C29H37FN4O5/c1-16-24(27(36)33-21-10-12-34(14-22(21)35)28(37)39-29(2,3)4)26-20(9-11-31-26)25(32-16)19-8-7-18(30)13-23(19)38-15-17-5-6-17/h7-9,11,13,17,21-22,25,31-32,35H,5-6,10,12,14-15H2,1-4H3,(H,33,36). The van der Waals surface area contributed by atoms with Crippen LogP contribution in [0.4, 0.5) is 9.18 Å². The zero-order valence-corrected chi connectivity index (χ0v) is 22.8. The smallest absolute Gasteiger partial charge is 0.410 e. The van der Waals surface area contributed by atoms with Crippen molar-refractivity contribution in [3.63, 3.8) is 0 Å². The van der Waals surface area contributed by atoms with Gasteiger partial charge in [-0.2, -0.15) is 0 Å². The second-order valence-electron chi connectivity index (χ2n) is 11.7. The number of hydrogen-bond donors (Lipinski definition) is 4. The number of carbonyl (C=O) groups is 2. The third kappa shape index (κ3) is 6.06. The first kappa shape index (κ1) is 27.1. The van der Waals surface area contributed by atoms with Crippen molar-refractivity contribution >= 4 is 17.6 Å². The molecule has 1 aliphatic carbocycles. The number of allylic oxidation sites excluding steroid dienone is 1. The maximum atomic E-state index is 14.1. The molecule has 39 heavy (non-hydrogen) atoms. The van der Waals surface area contributed by atoms with E-state index in [0.717, 1.165) is 24.0 Å². The number of aromatic amines is 1. The highest BCUT2D eigenvalue weighted by Crippen LogP contribution is 2.40. The number of piperidine rings is 1. The van der Waals surface area contributed by atoms with Crippen molar-refractivity contribution in [1.29, 1.82) is 0 Å². The molecule has 1 aromatic carbocycles. The number of H-pyrrole nitrogens is 1. The second-order valence-corrected chi connectivity index (χ2v) is 11.7. The molecule has 3 heterocycles. The van der Waals surface area contributed by atoms with Crippen LogP contribution in [0, 0.1) is 11.7 Å². The van der Waals surface area contributed by atoms with E-state index in [2.05, 4.69) is 15.6 Å². The Labute approximate surface area is 227 Å². The Kier molecular flexibility index (Phi) is 7.33. The molecular weight excluding hydrogens is 503 g/mol. The number of hydrogen-bond acceptors (Lipinski definition) is 6. The summed E-state index contributed by atoms with van der Waals surface area (Å²) < 4.78 is 25.5. The van der Waals surface area contributed by atoms with Crippen LogP contribution >= 0.6 is 0 Å². The molecule has 2 amide bonds. The Morgan fingerprint density at radius 2 is 1.95 bits per heavy atom. The van der Waals surface area contributed by atoms with Crippen LogP contribution < -0.4 is 15.4 Å². The number of halogens is 1. The number of fused-ring (bicyclic) bond motifs is 1. The summed E-state index contributed by atoms with van der Waals surface area (Å²) in [6.45, 7) is 8.18. The molecule has 0 bridgehead atoms. The number of aromatic nitrogens is 1. The number of aliphatic hydroxyl groups is 1. The van der Waals surface area contributed by atoms with Crippen LogP contribution in [0.15, 0.2) is 36.2 Å². The molecule has 3 atom stereocenters. The predicted octanol–water partition coefficient (Wildman–Crippen LogP) is 3.85. The van der Waals surface area contributed by atoms with E-state index in [4.69, 9.17) is 9.47 Å². The molecule has 9 nitrogen and oxygen atoms in total. The lowest BCUT2D eigenvalue weighted by Gasteiger charge is -2.37. The lowest BCUT2D eigenvalue weighted by atomic mass is 9.90. The molecule has 3 unspecified atom stereocenters. The monoisotopic (exact) mass is 540 g/mol. The average Bonchev–Trinajstić information content (AvgIpc) is 3.57. The molecule has 4 N–H and O–H groups in total. The largest absolute Gasteiger partial charge is 0.493 e. The molecule has 2 aliphatic heterocycles. The van der Waals surface area contributed by atoms with Gasteiger partial charge in [0.25, 0.3) is 5.91 Å². The van der Waals surface area contributed by atoms with Crippen molar-refractivity contribution in [2.45, 2.75) is 70.7 Å². The van der Waals surface area contributed by atoms with E-state index in [1.54, 1.807) is 33.0 Å². The Hall–Kier alpha value is -3.53. The van der Waals surface area contributed by atoms with Gasteiger partial charge in [-0.1, -0.05) is 0 Å². The van der Waals surface area contributed by atoms with Gasteiger partial charge >= 0.3 is 6.09 Å². The van der Waals surface area contributed by atoms with Gasteiger partial charge in [-0.25, -0.2) is 9.18 Å². The molecule has 2 aromatic rings. The lowest BCUT2D eigenvalue weighted by molar-refractivity contribution is -0.117. The number of likely N-dealkylation sites (tertiary alicyclic amines) is 1. The second kappa shape index (κ2) is 10.6. The first-order valence-corrected chi connectivity index (χ1v) is 13.5. The minimum Gasteiger partial charge on any atom is -0.493 e. The van der Waals surface area contributed by atoms with Gasteiger partial charge in [-0.3, -0.25) is 4.79 Å². The number of nitrogens with zero attached hydrogens (tertiary/aromatic N) is 1. The van der Waals surface area contributed by atoms with E-state index in [-0.39, 0.29) is 24.3 Å². The minimum atomic E-state index is -0.936. The highest BCUT2D eigenvalue weighted by Gasteiger charge is 2.36. The Bertz CT molecular complexity index is 1280. The first-order valence-electron chi connectivity index (χ1n) is 13.5. The molecule has 0 spiro atoms. The predicted molar refractivity (Wildman–Crippen MR) is 143 cm³/mol. The summed E-state index contributed by atoms with van der Waals surface area (Å²) in [7, 11) is 0. The number of ether oxygens (including phenoxy) is 2. The van der Waals surface area contributed by atoms with E-state index >= 15 is 0 Å². The Balaban J connectivity index is 1.30. The van der Waals surface area contributed by atoms with Crippen LogP contribution in [0.3, 0.4) is 0 Å². The fraction of sp³-hybridized carbons (Fsp3) is 0.517. The molecule has 3 aliphatic rings. The van der Waals surface area contributed by atoms with Gasteiger partial charge in [0.2, 0.25) is 0 Å². The van der Waals surface area contributed by atoms with Crippen LogP contribution in [0.5, 0.6) is 5.75 Å². The van der Waals surface area contributed by atoms with Crippen molar-refractivity contribution < 1.29 is 28.6 Å². The molecular formula is C29H37FN4O5. The maximum absolute atomic E-state index is 14.1. The van der Waals surface area contributed by atoms with Gasteiger partial charge in [0, 0.05) is 35.6 Å². The van der Waals surface area contributed by atoms with Gasteiger partial charge in [0.1, 0.15) is 17.2 Å². The topological polar surface area (TPSA) is 116 Å². The third-order valence-corrected chi connectivity index (χ3v) is 7.31. The SMILES string of the molecule is CC1=C(C(=O)NC2CCN(C(=O)OC(C)(C)C)CC2O)c2[nH]ccc2C(c2ccc(F)cc2OCC2CC2)N1. The summed E-state index contributed by atoms with van der Waals surface area (Å²) in [6, 6.07) is 5.60. The summed E-state index contributed by atoms with van der Waals surface area (Å²) in [5, 5.41) is 17.1. The number of carbonyl (C=O) groups excluding carboxylic acids is 2. The van der Waals surface area contributed by atoms with Crippen molar-refractivity contribution in [2.24, 2.45) is 5.92 Å². The van der Waals surface area contributed by atoms with Crippen LogP contribution in [0.25, 0.3) is 5.57 Å². The fourth-order valence-electron chi connectivity index (χ4n) is 5.12. The molecule has 5 rings (SSSR count). The van der Waals surface area contributed by atoms with Crippen LogP contribution in [0.2, 0.25) is 0 Å². The number of β-amino-alcohol motifs (C(OH)–C–C–N with tert-alkyl or cyclic N) is 1. The van der Waals surface area contributed by atoms with Crippen LogP contribution in [-0.2, 0) is 9.53 Å².